The molecule has 0 radical (unpaired) electrons. The Labute approximate surface area is 159 Å². The van der Waals surface area contributed by atoms with Crippen LogP contribution in [0.25, 0.3) is 10.8 Å². The Morgan fingerprint density at radius 3 is 2.65 bits per heavy atom. The average Bonchev–Trinajstić information content (AvgIpc) is 2.63. The van der Waals surface area contributed by atoms with Crippen molar-refractivity contribution in [3.8, 4) is 11.5 Å². The summed E-state index contributed by atoms with van der Waals surface area (Å²) in [5, 5.41) is 4.80. The summed E-state index contributed by atoms with van der Waals surface area (Å²) in [7, 11) is 1.61. The van der Waals surface area contributed by atoms with Crippen LogP contribution in [-0.4, -0.2) is 42.6 Å². The summed E-state index contributed by atoms with van der Waals surface area (Å²) < 4.78 is 12.6. The molecule has 1 saturated heterocycles. The van der Waals surface area contributed by atoms with Gasteiger partial charge in [-0.15, -0.1) is 0 Å². The maximum atomic E-state index is 12.8. The number of hydrogen-bond acceptors (Lipinski definition) is 4. The first-order valence-corrected chi connectivity index (χ1v) is 9.29. The molecule has 0 atom stereocenters. The zero-order chi connectivity index (χ0) is 18.5. The highest BCUT2D eigenvalue weighted by Crippen LogP contribution is 2.42. The number of amides is 2. The molecule has 2 aromatic carbocycles. The van der Waals surface area contributed by atoms with Crippen LogP contribution in [0.3, 0.4) is 0 Å². The van der Waals surface area contributed by atoms with E-state index in [-0.39, 0.29) is 11.8 Å². The van der Waals surface area contributed by atoms with Crippen LogP contribution in [0.15, 0.2) is 28.7 Å². The first-order chi connectivity index (χ1) is 12.4. The fraction of sp³-hybridized carbons (Fsp3) is 0.368. The van der Waals surface area contributed by atoms with Crippen molar-refractivity contribution in [2.24, 2.45) is 0 Å². The van der Waals surface area contributed by atoms with Gasteiger partial charge in [0.25, 0.3) is 5.91 Å². The summed E-state index contributed by atoms with van der Waals surface area (Å²) in [5.74, 6) is 1.16. The van der Waals surface area contributed by atoms with E-state index >= 15 is 0 Å². The molecule has 2 heterocycles. The molecule has 2 amide bonds. The van der Waals surface area contributed by atoms with E-state index in [0.29, 0.717) is 43.0 Å². The monoisotopic (exact) mass is 418 g/mol. The number of nitrogens with zero attached hydrogens (tertiary/aromatic N) is 1. The molecule has 0 bridgehead atoms. The SMILES string of the molecule is COc1ccc2c(Br)cc3c(c2c1)OC1(CCN(C(C)=O)CC1)NC3=O. The molecule has 0 aliphatic carbocycles. The van der Waals surface area contributed by atoms with E-state index in [1.165, 1.54) is 0 Å². The average molecular weight is 419 g/mol. The zero-order valence-electron chi connectivity index (χ0n) is 14.6. The van der Waals surface area contributed by atoms with Crippen molar-refractivity contribution < 1.29 is 19.1 Å². The number of hydrogen-bond donors (Lipinski definition) is 1. The molecular formula is C19H19BrN2O4. The first kappa shape index (κ1) is 17.1. The minimum atomic E-state index is -0.778. The van der Waals surface area contributed by atoms with E-state index in [4.69, 9.17) is 9.47 Å². The van der Waals surface area contributed by atoms with Crippen LogP contribution in [0, 0.1) is 0 Å². The standard InChI is InChI=1S/C19H19BrN2O4/c1-11(23)22-7-5-19(6-8-22)21-18(24)15-10-16(20)13-4-3-12(25-2)9-14(13)17(15)26-19/h3-4,9-10H,5-8H2,1-2H3,(H,21,24). The number of rotatable bonds is 1. The molecule has 2 aromatic rings. The summed E-state index contributed by atoms with van der Waals surface area (Å²) in [5.41, 5.74) is -0.280. The van der Waals surface area contributed by atoms with Crippen molar-refractivity contribution in [1.29, 1.82) is 0 Å². The fourth-order valence-electron chi connectivity index (χ4n) is 3.65. The number of likely N-dealkylation sites (tertiary alicyclic amines) is 1. The van der Waals surface area contributed by atoms with Crippen LogP contribution in [0.1, 0.15) is 30.1 Å². The smallest absolute Gasteiger partial charge is 0.258 e. The number of carbonyl (C=O) groups is 2. The van der Waals surface area contributed by atoms with Crippen molar-refractivity contribution in [1.82, 2.24) is 10.2 Å². The summed E-state index contributed by atoms with van der Waals surface area (Å²) in [6, 6.07) is 7.50. The van der Waals surface area contributed by atoms with Gasteiger partial charge in [0.2, 0.25) is 5.91 Å². The number of halogens is 1. The van der Waals surface area contributed by atoms with Crippen molar-refractivity contribution in [2.45, 2.75) is 25.5 Å². The van der Waals surface area contributed by atoms with Gasteiger partial charge >= 0.3 is 0 Å². The second-order valence-electron chi connectivity index (χ2n) is 6.70. The third-order valence-electron chi connectivity index (χ3n) is 5.14. The number of fused-ring (bicyclic) bond motifs is 3. The van der Waals surface area contributed by atoms with E-state index in [9.17, 15) is 9.59 Å². The molecule has 6 nitrogen and oxygen atoms in total. The molecule has 0 saturated carbocycles. The van der Waals surface area contributed by atoms with Crippen LogP contribution < -0.4 is 14.8 Å². The minimum Gasteiger partial charge on any atom is -0.497 e. The van der Waals surface area contributed by atoms with E-state index in [2.05, 4.69) is 21.2 Å². The Balaban J connectivity index is 1.79. The molecule has 1 fully saturated rings. The largest absolute Gasteiger partial charge is 0.497 e. The van der Waals surface area contributed by atoms with Crippen molar-refractivity contribution in [3.05, 3.63) is 34.3 Å². The van der Waals surface area contributed by atoms with Gasteiger partial charge in [-0.25, -0.2) is 0 Å². The van der Waals surface area contributed by atoms with Crippen LogP contribution in [0.5, 0.6) is 11.5 Å². The molecule has 26 heavy (non-hydrogen) atoms. The first-order valence-electron chi connectivity index (χ1n) is 8.50. The number of ether oxygens (including phenoxy) is 2. The van der Waals surface area contributed by atoms with E-state index in [1.54, 1.807) is 25.0 Å². The number of methoxy groups -OCH3 is 1. The lowest BCUT2D eigenvalue weighted by Crippen LogP contribution is -2.61. The lowest BCUT2D eigenvalue weighted by atomic mass is 9.95. The molecule has 1 N–H and O–H groups in total. The Morgan fingerprint density at radius 2 is 2.00 bits per heavy atom. The molecule has 0 unspecified atom stereocenters. The molecule has 2 aliphatic heterocycles. The predicted octanol–water partition coefficient (Wildman–Crippen LogP) is 3.07. The lowest BCUT2D eigenvalue weighted by molar-refractivity contribution is -0.132. The van der Waals surface area contributed by atoms with E-state index in [0.717, 1.165) is 15.2 Å². The zero-order valence-corrected chi connectivity index (χ0v) is 16.2. The van der Waals surface area contributed by atoms with Gasteiger partial charge in [0.1, 0.15) is 11.5 Å². The fourth-order valence-corrected chi connectivity index (χ4v) is 4.22. The molecule has 136 valence electrons. The number of nitrogens with one attached hydrogen (secondary N) is 1. The summed E-state index contributed by atoms with van der Waals surface area (Å²) in [6.45, 7) is 2.68. The minimum absolute atomic E-state index is 0.0431. The molecule has 7 heteroatoms. The molecule has 4 rings (SSSR count). The second-order valence-corrected chi connectivity index (χ2v) is 7.56. The van der Waals surface area contributed by atoms with E-state index < -0.39 is 5.72 Å². The van der Waals surface area contributed by atoms with Crippen LogP contribution in [0.4, 0.5) is 0 Å². The third-order valence-corrected chi connectivity index (χ3v) is 5.80. The lowest BCUT2D eigenvalue weighted by Gasteiger charge is -2.44. The van der Waals surface area contributed by atoms with Gasteiger partial charge in [-0.3, -0.25) is 9.59 Å². The summed E-state index contributed by atoms with van der Waals surface area (Å²) in [6.07, 6.45) is 1.11. The maximum Gasteiger partial charge on any atom is 0.258 e. The molecular weight excluding hydrogens is 400 g/mol. The van der Waals surface area contributed by atoms with Gasteiger partial charge in [-0.1, -0.05) is 15.9 Å². The summed E-state index contributed by atoms with van der Waals surface area (Å²) >= 11 is 3.54. The van der Waals surface area contributed by atoms with Gasteiger partial charge in [0, 0.05) is 42.7 Å². The third kappa shape index (κ3) is 2.70. The second kappa shape index (κ2) is 6.16. The molecule has 0 aromatic heterocycles. The topological polar surface area (TPSA) is 67.9 Å². The summed E-state index contributed by atoms with van der Waals surface area (Å²) in [4.78, 5) is 26.2. The molecule has 1 spiro atoms. The van der Waals surface area contributed by atoms with Crippen molar-refractivity contribution in [3.63, 3.8) is 0 Å². The quantitative estimate of drug-likeness (QED) is 0.772. The van der Waals surface area contributed by atoms with Crippen LogP contribution in [0.2, 0.25) is 0 Å². The number of piperidine rings is 1. The van der Waals surface area contributed by atoms with Crippen LogP contribution >= 0.6 is 15.9 Å². The maximum absolute atomic E-state index is 12.8. The highest BCUT2D eigenvalue weighted by Gasteiger charge is 2.43. The van der Waals surface area contributed by atoms with Crippen molar-refractivity contribution in [2.75, 3.05) is 20.2 Å². The van der Waals surface area contributed by atoms with Gasteiger partial charge in [-0.2, -0.15) is 0 Å². The Kier molecular flexibility index (Phi) is 4.06. The van der Waals surface area contributed by atoms with Gasteiger partial charge in [0.05, 0.1) is 12.7 Å². The predicted molar refractivity (Wildman–Crippen MR) is 101 cm³/mol. The van der Waals surface area contributed by atoms with Gasteiger partial charge in [0.15, 0.2) is 5.72 Å². The Hall–Kier alpha value is -2.28. The van der Waals surface area contributed by atoms with Gasteiger partial charge < -0.3 is 19.7 Å². The highest BCUT2D eigenvalue weighted by molar-refractivity contribution is 9.10. The molecule has 2 aliphatic rings. The Morgan fingerprint density at radius 1 is 1.27 bits per heavy atom. The highest BCUT2D eigenvalue weighted by atomic mass is 79.9. The number of carbonyl (C=O) groups excluding carboxylic acids is 2. The van der Waals surface area contributed by atoms with Crippen molar-refractivity contribution >= 4 is 38.5 Å². The van der Waals surface area contributed by atoms with Gasteiger partial charge in [-0.05, 0) is 29.7 Å². The normalized spacial score (nSPS) is 18.3. The number of benzene rings is 2. The Bertz CT molecular complexity index is 919. The van der Waals surface area contributed by atoms with Crippen LogP contribution in [-0.2, 0) is 4.79 Å². The van der Waals surface area contributed by atoms with E-state index in [1.807, 2.05) is 18.2 Å².